The summed E-state index contributed by atoms with van der Waals surface area (Å²) in [5, 5.41) is 9.42. The molecule has 1 heterocycles. The molecule has 0 radical (unpaired) electrons. The molecule has 8 heteroatoms. The van der Waals surface area contributed by atoms with E-state index in [2.05, 4.69) is 20.9 Å². The quantitative estimate of drug-likeness (QED) is 0.446. The summed E-state index contributed by atoms with van der Waals surface area (Å²) in [5.41, 5.74) is 1.46. The van der Waals surface area contributed by atoms with E-state index >= 15 is 0 Å². The zero-order valence-electron chi connectivity index (χ0n) is 17.7. The van der Waals surface area contributed by atoms with Crippen LogP contribution in [0.5, 0.6) is 0 Å². The molecule has 1 atom stereocenters. The number of nitrogens with zero attached hydrogens (tertiary/aromatic N) is 2. The summed E-state index contributed by atoms with van der Waals surface area (Å²) >= 11 is 0. The lowest BCUT2D eigenvalue weighted by molar-refractivity contribution is -0.121. The number of hydrogen-bond donors (Lipinski definition) is 3. The van der Waals surface area contributed by atoms with Crippen LogP contribution < -0.4 is 20.9 Å². The highest BCUT2D eigenvalue weighted by Gasteiger charge is 2.25. The Morgan fingerprint density at radius 3 is 2.71 bits per heavy atom. The zero-order valence-corrected chi connectivity index (χ0v) is 17.7. The summed E-state index contributed by atoms with van der Waals surface area (Å²) in [7, 11) is 0. The van der Waals surface area contributed by atoms with Crippen molar-refractivity contribution in [2.45, 2.75) is 32.4 Å². The normalized spacial score (nSPS) is 16.3. The van der Waals surface area contributed by atoms with Crippen LogP contribution in [-0.2, 0) is 11.3 Å². The van der Waals surface area contributed by atoms with Gasteiger partial charge in [0.2, 0.25) is 5.91 Å². The molecule has 0 bridgehead atoms. The molecule has 2 aromatic carbocycles. The lowest BCUT2D eigenvalue weighted by atomic mass is 10.2. The molecule has 2 aromatic rings. The number of halogens is 2. The van der Waals surface area contributed by atoms with E-state index in [0.29, 0.717) is 50.8 Å². The van der Waals surface area contributed by atoms with Gasteiger partial charge in [0.15, 0.2) is 5.96 Å². The number of nitrogens with one attached hydrogen (secondary N) is 3. The summed E-state index contributed by atoms with van der Waals surface area (Å²) in [6.07, 6.45) is 1.10. The average molecular weight is 430 g/mol. The molecular weight excluding hydrogens is 400 g/mol. The average Bonchev–Trinajstić information content (AvgIpc) is 3.21. The Bertz CT molecular complexity index is 891. The molecular formula is C23H29F2N5O. The first-order chi connectivity index (χ1) is 15.0. The predicted molar refractivity (Wildman–Crippen MR) is 119 cm³/mol. The molecule has 6 nitrogen and oxygen atoms in total. The van der Waals surface area contributed by atoms with Crippen molar-refractivity contribution in [2.75, 3.05) is 31.1 Å². The SMILES string of the molecule is CCNC(=NCCC(=O)NCc1ccccc1)NC1CCN(c2ccc(F)cc2F)C1. The van der Waals surface area contributed by atoms with Crippen molar-refractivity contribution in [3.8, 4) is 0 Å². The van der Waals surface area contributed by atoms with Gasteiger partial charge in [0.05, 0.1) is 12.2 Å². The third-order valence-corrected chi connectivity index (χ3v) is 5.07. The maximum atomic E-state index is 14.1. The minimum absolute atomic E-state index is 0.0534. The minimum Gasteiger partial charge on any atom is -0.367 e. The molecule has 0 spiro atoms. The number of aliphatic imine (C=N–C) groups is 1. The molecule has 1 saturated heterocycles. The largest absolute Gasteiger partial charge is 0.367 e. The van der Waals surface area contributed by atoms with Crippen LogP contribution in [0.15, 0.2) is 53.5 Å². The van der Waals surface area contributed by atoms with Crippen molar-refractivity contribution in [1.82, 2.24) is 16.0 Å². The highest BCUT2D eigenvalue weighted by molar-refractivity contribution is 5.81. The van der Waals surface area contributed by atoms with Crippen molar-refractivity contribution in [3.63, 3.8) is 0 Å². The number of anilines is 1. The fourth-order valence-electron chi connectivity index (χ4n) is 3.50. The number of carbonyl (C=O) groups is 1. The van der Waals surface area contributed by atoms with Crippen LogP contribution in [0.1, 0.15) is 25.3 Å². The van der Waals surface area contributed by atoms with Crippen molar-refractivity contribution in [1.29, 1.82) is 0 Å². The second-order valence-electron chi connectivity index (χ2n) is 7.44. The Hall–Kier alpha value is -3.16. The number of guanidine groups is 1. The van der Waals surface area contributed by atoms with E-state index in [-0.39, 0.29) is 11.9 Å². The first-order valence-electron chi connectivity index (χ1n) is 10.6. The molecule has 1 amide bonds. The van der Waals surface area contributed by atoms with Crippen molar-refractivity contribution in [2.24, 2.45) is 4.99 Å². The molecule has 0 aromatic heterocycles. The molecule has 0 saturated carbocycles. The maximum Gasteiger partial charge on any atom is 0.222 e. The Balaban J connectivity index is 1.46. The van der Waals surface area contributed by atoms with Gasteiger partial charge in [-0.15, -0.1) is 0 Å². The van der Waals surface area contributed by atoms with Crippen LogP contribution >= 0.6 is 0 Å². The second kappa shape index (κ2) is 11.3. The molecule has 1 unspecified atom stereocenters. The molecule has 3 N–H and O–H groups in total. The molecule has 166 valence electrons. The van der Waals surface area contributed by atoms with Crippen LogP contribution in [0.3, 0.4) is 0 Å². The Morgan fingerprint density at radius 1 is 1.16 bits per heavy atom. The van der Waals surface area contributed by atoms with Gasteiger partial charge in [0, 0.05) is 44.7 Å². The van der Waals surface area contributed by atoms with Crippen molar-refractivity contribution >= 4 is 17.6 Å². The second-order valence-corrected chi connectivity index (χ2v) is 7.44. The summed E-state index contributed by atoms with van der Waals surface area (Å²) in [4.78, 5) is 18.5. The minimum atomic E-state index is -0.579. The van der Waals surface area contributed by atoms with E-state index in [0.717, 1.165) is 18.1 Å². The van der Waals surface area contributed by atoms with Gasteiger partial charge in [-0.25, -0.2) is 8.78 Å². The van der Waals surface area contributed by atoms with Crippen LogP contribution in [0.4, 0.5) is 14.5 Å². The molecule has 1 aliphatic rings. The van der Waals surface area contributed by atoms with E-state index in [1.165, 1.54) is 12.1 Å². The number of amides is 1. The van der Waals surface area contributed by atoms with E-state index in [1.54, 1.807) is 0 Å². The number of hydrogen-bond acceptors (Lipinski definition) is 3. The van der Waals surface area contributed by atoms with Gasteiger partial charge < -0.3 is 20.9 Å². The van der Waals surface area contributed by atoms with Gasteiger partial charge in [-0.3, -0.25) is 9.79 Å². The topological polar surface area (TPSA) is 68.8 Å². The summed E-state index contributed by atoms with van der Waals surface area (Å²) in [5.74, 6) is -0.556. The zero-order chi connectivity index (χ0) is 22.1. The van der Waals surface area contributed by atoms with Crippen LogP contribution in [-0.4, -0.2) is 44.1 Å². The van der Waals surface area contributed by atoms with E-state index in [1.807, 2.05) is 42.2 Å². The van der Waals surface area contributed by atoms with E-state index in [4.69, 9.17) is 0 Å². The van der Waals surface area contributed by atoms with Gasteiger partial charge in [0.1, 0.15) is 11.6 Å². The fourth-order valence-corrected chi connectivity index (χ4v) is 3.50. The van der Waals surface area contributed by atoms with Crippen LogP contribution in [0, 0.1) is 11.6 Å². The van der Waals surface area contributed by atoms with Crippen LogP contribution in [0.2, 0.25) is 0 Å². The number of carbonyl (C=O) groups excluding carboxylic acids is 1. The molecule has 31 heavy (non-hydrogen) atoms. The Morgan fingerprint density at radius 2 is 1.97 bits per heavy atom. The van der Waals surface area contributed by atoms with Gasteiger partial charge in [-0.05, 0) is 31.0 Å². The first-order valence-corrected chi connectivity index (χ1v) is 10.6. The first kappa shape index (κ1) is 22.5. The summed E-state index contributed by atoms with van der Waals surface area (Å²) in [6, 6.07) is 13.5. The lowest BCUT2D eigenvalue weighted by Crippen LogP contribution is -2.44. The van der Waals surface area contributed by atoms with Gasteiger partial charge in [0.25, 0.3) is 0 Å². The monoisotopic (exact) mass is 429 g/mol. The predicted octanol–water partition coefficient (Wildman–Crippen LogP) is 2.81. The summed E-state index contributed by atoms with van der Waals surface area (Å²) < 4.78 is 27.2. The van der Waals surface area contributed by atoms with Crippen LogP contribution in [0.25, 0.3) is 0 Å². The highest BCUT2D eigenvalue weighted by Crippen LogP contribution is 2.24. The highest BCUT2D eigenvalue weighted by atomic mass is 19.1. The molecule has 0 aliphatic carbocycles. The Kier molecular flexibility index (Phi) is 8.20. The van der Waals surface area contributed by atoms with E-state index < -0.39 is 11.6 Å². The molecule has 1 aliphatic heterocycles. The van der Waals surface area contributed by atoms with E-state index in [9.17, 15) is 13.6 Å². The van der Waals surface area contributed by atoms with Gasteiger partial charge in [-0.1, -0.05) is 30.3 Å². The summed E-state index contributed by atoms with van der Waals surface area (Å²) in [6.45, 7) is 4.78. The van der Waals surface area contributed by atoms with Crippen molar-refractivity contribution in [3.05, 3.63) is 65.7 Å². The standard InChI is InChI=1S/C23H29F2N5O/c1-2-26-23(27-12-10-22(31)28-15-17-6-4-3-5-7-17)29-19-11-13-30(16-19)21-9-8-18(24)14-20(21)25/h3-9,14,19H,2,10-13,15-16H2,1H3,(H,28,31)(H2,26,27,29). The molecule has 1 fully saturated rings. The van der Waals surface area contributed by atoms with Crippen molar-refractivity contribution < 1.29 is 13.6 Å². The fraction of sp³-hybridized carbons (Fsp3) is 0.391. The smallest absolute Gasteiger partial charge is 0.222 e. The number of rotatable bonds is 8. The lowest BCUT2D eigenvalue weighted by Gasteiger charge is -2.21. The maximum absolute atomic E-state index is 14.1. The number of benzene rings is 2. The third-order valence-electron chi connectivity index (χ3n) is 5.07. The molecule has 3 rings (SSSR count). The Labute approximate surface area is 181 Å². The van der Waals surface area contributed by atoms with Gasteiger partial charge >= 0.3 is 0 Å². The van der Waals surface area contributed by atoms with Gasteiger partial charge in [-0.2, -0.15) is 0 Å². The third kappa shape index (κ3) is 6.94.